The summed E-state index contributed by atoms with van der Waals surface area (Å²) in [7, 11) is 0. The van der Waals surface area contributed by atoms with Gasteiger partial charge in [0, 0.05) is 19.0 Å². The third-order valence-corrected chi connectivity index (χ3v) is 10.1. The number of fused-ring (bicyclic) bond motifs is 2. The molecule has 10 heteroatoms. The Kier molecular flexibility index (Phi) is 10.1. The summed E-state index contributed by atoms with van der Waals surface area (Å²) in [5, 5.41) is 13.7. The first-order valence-electron chi connectivity index (χ1n) is 16.4. The van der Waals surface area contributed by atoms with Crippen LogP contribution in [0.25, 0.3) is 0 Å². The molecule has 1 aromatic carbocycles. The van der Waals surface area contributed by atoms with Gasteiger partial charge in [-0.2, -0.15) is 0 Å². The highest BCUT2D eigenvalue weighted by molar-refractivity contribution is 6.00. The lowest BCUT2D eigenvalue weighted by molar-refractivity contribution is -0.153. The normalized spacial score (nSPS) is 33.0. The molecule has 2 fully saturated rings. The van der Waals surface area contributed by atoms with Crippen molar-refractivity contribution in [2.75, 3.05) is 19.8 Å². The molecule has 4 aliphatic heterocycles. The van der Waals surface area contributed by atoms with Gasteiger partial charge in [-0.3, -0.25) is 19.2 Å². The van der Waals surface area contributed by atoms with E-state index in [0.29, 0.717) is 19.4 Å². The molecule has 4 heterocycles. The van der Waals surface area contributed by atoms with Gasteiger partial charge in [0.2, 0.25) is 17.7 Å². The summed E-state index contributed by atoms with van der Waals surface area (Å²) in [6.07, 6.45) is 9.34. The van der Waals surface area contributed by atoms with E-state index in [1.54, 1.807) is 22.0 Å². The van der Waals surface area contributed by atoms with Crippen molar-refractivity contribution < 1.29 is 33.8 Å². The lowest BCUT2D eigenvalue weighted by Gasteiger charge is -2.41. The van der Waals surface area contributed by atoms with Crippen LogP contribution in [0.5, 0.6) is 0 Å². The first-order valence-corrected chi connectivity index (χ1v) is 16.4. The molecule has 0 radical (unpaired) electrons. The van der Waals surface area contributed by atoms with Gasteiger partial charge in [0.05, 0.1) is 36.6 Å². The van der Waals surface area contributed by atoms with Crippen LogP contribution in [0.15, 0.2) is 54.6 Å². The molecule has 1 aromatic rings. The number of hydrogen-bond acceptors (Lipinski definition) is 7. The monoisotopic (exact) mass is 621 g/mol. The molecule has 2 saturated heterocycles. The number of esters is 1. The number of nitrogens with zero attached hydrogens (tertiary/aromatic N) is 2. The van der Waals surface area contributed by atoms with Crippen LogP contribution in [-0.2, 0) is 28.7 Å². The summed E-state index contributed by atoms with van der Waals surface area (Å²) in [5.41, 5.74) is -0.655. The number of benzene rings is 1. The zero-order valence-electron chi connectivity index (χ0n) is 26.8. The van der Waals surface area contributed by atoms with Gasteiger partial charge >= 0.3 is 5.97 Å². The van der Waals surface area contributed by atoms with E-state index in [2.05, 4.69) is 12.2 Å². The van der Waals surface area contributed by atoms with Crippen molar-refractivity contribution in [1.29, 1.82) is 0 Å². The van der Waals surface area contributed by atoms with Crippen LogP contribution in [0.4, 0.5) is 0 Å². The molecular weight excluding hydrogens is 574 g/mol. The number of rotatable bonds is 8. The largest absolute Gasteiger partial charge is 0.463 e. The van der Waals surface area contributed by atoms with E-state index in [0.717, 1.165) is 18.4 Å². The highest BCUT2D eigenvalue weighted by Crippen LogP contribution is 2.54. The van der Waals surface area contributed by atoms with Crippen molar-refractivity contribution in [3.05, 3.63) is 60.2 Å². The van der Waals surface area contributed by atoms with Gasteiger partial charge in [0.15, 0.2) is 0 Å². The molecule has 0 aromatic heterocycles. The number of carbonyl (C=O) groups is 4. The Labute approximate surface area is 265 Å². The van der Waals surface area contributed by atoms with Crippen molar-refractivity contribution in [2.45, 2.75) is 95.7 Å². The number of carbonyl (C=O) groups excluding carboxylic acids is 4. The summed E-state index contributed by atoms with van der Waals surface area (Å²) in [4.78, 5) is 59.6. The predicted octanol–water partition coefficient (Wildman–Crippen LogP) is 3.31. The lowest BCUT2D eigenvalue weighted by Crippen LogP contribution is -2.60. The first kappa shape index (κ1) is 32.9. The van der Waals surface area contributed by atoms with Gasteiger partial charge in [-0.1, -0.05) is 88.2 Å². The fourth-order valence-corrected chi connectivity index (χ4v) is 7.54. The summed E-state index contributed by atoms with van der Waals surface area (Å²) >= 11 is 0. The van der Waals surface area contributed by atoms with Crippen LogP contribution in [0.3, 0.4) is 0 Å². The molecule has 5 rings (SSSR count). The Hall–Kier alpha value is -3.50. The van der Waals surface area contributed by atoms with Crippen LogP contribution >= 0.6 is 0 Å². The topological polar surface area (TPSA) is 125 Å². The van der Waals surface area contributed by atoms with E-state index in [1.807, 2.05) is 63.3 Å². The molecule has 1 spiro atoms. The number of amides is 3. The summed E-state index contributed by atoms with van der Waals surface area (Å²) in [5.74, 6) is -3.46. The molecule has 10 nitrogen and oxygen atoms in total. The number of nitrogens with one attached hydrogen (secondary N) is 1. The third-order valence-electron chi connectivity index (χ3n) is 10.1. The second-order valence-corrected chi connectivity index (χ2v) is 12.9. The van der Waals surface area contributed by atoms with Gasteiger partial charge in [0.25, 0.3) is 0 Å². The third kappa shape index (κ3) is 6.06. The number of hydrogen-bond donors (Lipinski definition) is 2. The number of cyclic esters (lactones) is 1. The van der Waals surface area contributed by atoms with E-state index in [1.165, 1.54) is 0 Å². The van der Waals surface area contributed by atoms with Crippen molar-refractivity contribution in [3.8, 4) is 0 Å². The lowest BCUT2D eigenvalue weighted by atomic mass is 9.77. The molecule has 4 aliphatic rings. The molecule has 244 valence electrons. The van der Waals surface area contributed by atoms with Crippen LogP contribution < -0.4 is 5.32 Å². The molecule has 0 saturated carbocycles. The minimum absolute atomic E-state index is 0.0572. The van der Waals surface area contributed by atoms with Gasteiger partial charge in [-0.25, -0.2) is 0 Å². The first-order chi connectivity index (χ1) is 21.7. The van der Waals surface area contributed by atoms with Gasteiger partial charge in [0.1, 0.15) is 18.2 Å². The average Bonchev–Trinajstić information content (AvgIpc) is 3.42. The molecular formula is C35H47N3O7. The number of aliphatic hydroxyl groups excluding tert-OH is 1. The van der Waals surface area contributed by atoms with Crippen molar-refractivity contribution in [1.82, 2.24) is 15.1 Å². The number of allylic oxidation sites excluding steroid dienone is 1. The van der Waals surface area contributed by atoms with Crippen LogP contribution in [0.1, 0.15) is 71.4 Å². The molecule has 2 N–H and O–H groups in total. The van der Waals surface area contributed by atoms with E-state index in [9.17, 15) is 24.3 Å². The Balaban J connectivity index is 1.62. The average molecular weight is 622 g/mol. The standard InChI is InChI=1S/C35H47N3O7/c1-5-13-23(4)37-19-12-18-35-30(33(42)38(31(35)34(37)43)26(20-39)22(3)6-2)29-27(45-35)16-10-11-17-28(40)44-21-25(36-32(29)41)24-14-8-7-9-15-24/h7-10,12,14-16,18,22-23,25-27,29-31,39H,5-6,11,13,17,19-21H2,1-4H3,(H,36,41)/b16-10-/t22-,23?,25-,26-,27+,29-,30-,31+,35-/m0/s1. The predicted molar refractivity (Wildman–Crippen MR) is 167 cm³/mol. The van der Waals surface area contributed by atoms with E-state index >= 15 is 0 Å². The summed E-state index contributed by atoms with van der Waals surface area (Å²) in [6, 6.07) is 6.87. The molecule has 1 unspecified atom stereocenters. The second kappa shape index (κ2) is 13.9. The second-order valence-electron chi connectivity index (χ2n) is 12.9. The maximum atomic E-state index is 14.8. The number of ether oxygens (including phenoxy) is 2. The van der Waals surface area contributed by atoms with Crippen LogP contribution in [0, 0.1) is 17.8 Å². The Bertz CT molecular complexity index is 1320. The van der Waals surface area contributed by atoms with Crippen LogP contribution in [-0.4, -0.2) is 88.2 Å². The fraction of sp³-hybridized carbons (Fsp3) is 0.600. The van der Waals surface area contributed by atoms with Crippen LogP contribution in [0.2, 0.25) is 0 Å². The molecule has 45 heavy (non-hydrogen) atoms. The SMILES string of the molecule is CCCC(C)N1CC=C[C@]23O[C@@H]4/C=C\CCC(=O)OC[C@@H](c5ccccc5)NC(=O)[C@@H]4[C@H]2C(=O)N([C@@H](CO)[C@@H](C)CC)[C@@H]3C1=O. The highest BCUT2D eigenvalue weighted by Gasteiger charge is 2.72. The van der Waals surface area contributed by atoms with Crippen molar-refractivity contribution in [3.63, 3.8) is 0 Å². The smallest absolute Gasteiger partial charge is 0.306 e. The molecule has 0 aliphatic carbocycles. The van der Waals surface area contributed by atoms with E-state index in [-0.39, 0.29) is 49.4 Å². The zero-order chi connectivity index (χ0) is 32.3. The highest BCUT2D eigenvalue weighted by atomic mass is 16.5. The Morgan fingerprint density at radius 2 is 1.82 bits per heavy atom. The fourth-order valence-electron chi connectivity index (χ4n) is 7.54. The van der Waals surface area contributed by atoms with Crippen molar-refractivity contribution >= 4 is 23.7 Å². The maximum Gasteiger partial charge on any atom is 0.306 e. The molecule has 9 atom stereocenters. The van der Waals surface area contributed by atoms with Crippen molar-refractivity contribution in [2.24, 2.45) is 17.8 Å². The van der Waals surface area contributed by atoms with E-state index in [4.69, 9.17) is 9.47 Å². The Morgan fingerprint density at radius 3 is 2.51 bits per heavy atom. The van der Waals surface area contributed by atoms with E-state index < -0.39 is 47.6 Å². The molecule has 0 bridgehead atoms. The van der Waals surface area contributed by atoms with Gasteiger partial charge in [-0.05, 0) is 31.2 Å². The summed E-state index contributed by atoms with van der Waals surface area (Å²) < 4.78 is 12.4. The quantitative estimate of drug-likeness (QED) is 0.337. The maximum absolute atomic E-state index is 14.8. The van der Waals surface area contributed by atoms with Gasteiger partial charge in [-0.15, -0.1) is 0 Å². The molecule has 3 amide bonds. The number of aliphatic hydroxyl groups is 1. The zero-order valence-corrected chi connectivity index (χ0v) is 26.8. The number of likely N-dealkylation sites (tertiary alicyclic amines) is 1. The van der Waals surface area contributed by atoms with Gasteiger partial charge < -0.3 is 29.7 Å². The Morgan fingerprint density at radius 1 is 1.07 bits per heavy atom. The summed E-state index contributed by atoms with van der Waals surface area (Å²) in [6.45, 7) is 8.02. The minimum Gasteiger partial charge on any atom is -0.463 e. The minimum atomic E-state index is -1.42.